The zero-order valence-electron chi connectivity index (χ0n) is 16.9. The Morgan fingerprint density at radius 2 is 1.75 bits per heavy atom. The van der Waals surface area contributed by atoms with Crippen LogP contribution < -0.4 is 5.32 Å². The summed E-state index contributed by atoms with van der Waals surface area (Å²) < 4.78 is 27.1. The van der Waals surface area contributed by atoms with Crippen molar-refractivity contribution in [3.05, 3.63) is 94.5 Å². The molecule has 3 aromatic carbocycles. The van der Waals surface area contributed by atoms with Crippen molar-refractivity contribution in [2.24, 2.45) is 5.10 Å². The van der Waals surface area contributed by atoms with Gasteiger partial charge in [-0.15, -0.1) is 0 Å². The quantitative estimate of drug-likeness (QED) is 0.575. The van der Waals surface area contributed by atoms with E-state index in [1.165, 1.54) is 25.1 Å². The molecule has 0 aromatic heterocycles. The SMILES string of the molecule is CC(=O)c1cccc(NC(=O)CN2N=C(c3ccccc3)c3cc(Cl)ccc3S2(=O)=O)c1. The number of ketones is 1. The minimum Gasteiger partial charge on any atom is -0.324 e. The number of hydrogen-bond acceptors (Lipinski definition) is 5. The Labute approximate surface area is 190 Å². The largest absolute Gasteiger partial charge is 0.324 e. The molecule has 1 N–H and O–H groups in total. The first-order chi connectivity index (χ1) is 15.3. The van der Waals surface area contributed by atoms with Crippen LogP contribution in [0, 0.1) is 0 Å². The number of Topliss-reactive ketones (excluding diaryl/α,β-unsaturated/α-hetero) is 1. The first-order valence-electron chi connectivity index (χ1n) is 9.63. The Hall–Kier alpha value is -3.49. The van der Waals surface area contributed by atoms with Crippen LogP contribution in [-0.4, -0.2) is 36.8 Å². The highest BCUT2D eigenvalue weighted by atomic mass is 35.5. The molecular weight excluding hydrogens is 450 g/mol. The number of anilines is 1. The molecule has 1 amide bonds. The van der Waals surface area contributed by atoms with Crippen LogP contribution in [0.5, 0.6) is 0 Å². The van der Waals surface area contributed by atoms with E-state index in [1.807, 2.05) is 18.2 Å². The van der Waals surface area contributed by atoms with Gasteiger partial charge in [-0.1, -0.05) is 54.1 Å². The van der Waals surface area contributed by atoms with Gasteiger partial charge in [-0.25, -0.2) is 0 Å². The maximum absolute atomic E-state index is 13.2. The van der Waals surface area contributed by atoms with Crippen LogP contribution in [0.3, 0.4) is 0 Å². The number of hydrogen-bond donors (Lipinski definition) is 1. The Balaban J connectivity index is 1.69. The number of halogens is 1. The van der Waals surface area contributed by atoms with Gasteiger partial charge in [-0.2, -0.15) is 17.9 Å². The molecule has 0 aliphatic carbocycles. The van der Waals surface area contributed by atoms with Gasteiger partial charge in [0.2, 0.25) is 5.91 Å². The number of sulfonamides is 1. The molecular formula is C23H18ClN3O4S. The lowest BCUT2D eigenvalue weighted by molar-refractivity contribution is -0.116. The first-order valence-corrected chi connectivity index (χ1v) is 11.4. The summed E-state index contributed by atoms with van der Waals surface area (Å²) in [6.07, 6.45) is 0. The molecule has 4 rings (SSSR count). The number of carbonyl (C=O) groups is 2. The van der Waals surface area contributed by atoms with E-state index in [2.05, 4.69) is 10.4 Å². The molecule has 7 nitrogen and oxygen atoms in total. The van der Waals surface area contributed by atoms with Gasteiger partial charge in [0.1, 0.15) is 12.3 Å². The van der Waals surface area contributed by atoms with Gasteiger partial charge in [0.25, 0.3) is 10.0 Å². The van der Waals surface area contributed by atoms with Gasteiger partial charge in [-0.05, 0) is 37.3 Å². The van der Waals surface area contributed by atoms with E-state index in [0.29, 0.717) is 33.1 Å². The number of nitrogens with one attached hydrogen (secondary N) is 1. The van der Waals surface area contributed by atoms with Crippen molar-refractivity contribution in [2.45, 2.75) is 11.8 Å². The van der Waals surface area contributed by atoms with Crippen LogP contribution in [-0.2, 0) is 14.8 Å². The summed E-state index contributed by atoms with van der Waals surface area (Å²) in [7, 11) is -4.08. The molecule has 0 spiro atoms. The second-order valence-electron chi connectivity index (χ2n) is 7.13. The summed E-state index contributed by atoms with van der Waals surface area (Å²) in [5.74, 6) is -0.741. The monoisotopic (exact) mass is 467 g/mol. The van der Waals surface area contributed by atoms with Gasteiger partial charge in [-0.3, -0.25) is 9.59 Å². The van der Waals surface area contributed by atoms with E-state index in [9.17, 15) is 18.0 Å². The molecule has 0 radical (unpaired) electrons. The lowest BCUT2D eigenvalue weighted by Gasteiger charge is -2.27. The molecule has 1 aliphatic rings. The van der Waals surface area contributed by atoms with Crippen molar-refractivity contribution in [1.29, 1.82) is 0 Å². The molecule has 0 unspecified atom stereocenters. The molecule has 3 aromatic rings. The van der Waals surface area contributed by atoms with Crippen LogP contribution in [0.4, 0.5) is 5.69 Å². The van der Waals surface area contributed by atoms with E-state index in [-0.39, 0.29) is 10.7 Å². The second-order valence-corrected chi connectivity index (χ2v) is 9.37. The van der Waals surface area contributed by atoms with E-state index < -0.39 is 22.5 Å². The van der Waals surface area contributed by atoms with E-state index in [0.717, 1.165) is 4.41 Å². The topological polar surface area (TPSA) is 95.9 Å². The standard InChI is InChI=1S/C23H18ClN3O4S/c1-15(28)17-8-5-9-19(12-17)25-22(29)14-27-26-23(16-6-3-2-4-7-16)20-13-18(24)10-11-21(20)32(27,30)31/h2-13H,14H2,1H3,(H,25,29). The van der Waals surface area contributed by atoms with Crippen LogP contribution in [0.1, 0.15) is 28.4 Å². The third kappa shape index (κ3) is 4.28. The van der Waals surface area contributed by atoms with Gasteiger partial charge in [0.15, 0.2) is 5.78 Å². The summed E-state index contributed by atoms with van der Waals surface area (Å²) >= 11 is 6.12. The first kappa shape index (κ1) is 21.7. The average Bonchev–Trinajstić information content (AvgIpc) is 2.76. The Bertz CT molecular complexity index is 1350. The highest BCUT2D eigenvalue weighted by Crippen LogP contribution is 2.31. The maximum Gasteiger partial charge on any atom is 0.280 e. The van der Waals surface area contributed by atoms with Crippen molar-refractivity contribution in [2.75, 3.05) is 11.9 Å². The van der Waals surface area contributed by atoms with E-state index in [4.69, 9.17) is 11.6 Å². The number of amides is 1. The lowest BCUT2D eigenvalue weighted by Crippen LogP contribution is -2.38. The zero-order chi connectivity index (χ0) is 22.9. The molecule has 162 valence electrons. The molecule has 0 atom stereocenters. The summed E-state index contributed by atoms with van der Waals surface area (Å²) in [5, 5.41) is 7.30. The van der Waals surface area contributed by atoms with E-state index >= 15 is 0 Å². The predicted octanol–water partition coefficient (Wildman–Crippen LogP) is 3.94. The number of rotatable bonds is 5. The minimum atomic E-state index is -4.08. The van der Waals surface area contributed by atoms with Crippen molar-refractivity contribution in [3.63, 3.8) is 0 Å². The van der Waals surface area contributed by atoms with Gasteiger partial charge in [0.05, 0.1) is 4.90 Å². The third-order valence-corrected chi connectivity index (χ3v) is 6.76. The van der Waals surface area contributed by atoms with Crippen molar-refractivity contribution < 1.29 is 18.0 Å². The third-order valence-electron chi connectivity index (χ3n) is 4.84. The molecule has 32 heavy (non-hydrogen) atoms. The van der Waals surface area contributed by atoms with Gasteiger partial charge < -0.3 is 5.32 Å². The van der Waals surface area contributed by atoms with Gasteiger partial charge >= 0.3 is 0 Å². The number of hydrazone groups is 1. The maximum atomic E-state index is 13.2. The Kier molecular flexibility index (Phi) is 5.82. The molecule has 0 fully saturated rings. The summed E-state index contributed by atoms with van der Waals surface area (Å²) in [6.45, 7) is 0.885. The summed E-state index contributed by atoms with van der Waals surface area (Å²) in [5.41, 5.74) is 2.27. The lowest BCUT2D eigenvalue weighted by atomic mass is 10.0. The van der Waals surface area contributed by atoms with Crippen molar-refractivity contribution in [3.8, 4) is 0 Å². The average molecular weight is 468 g/mol. The molecule has 9 heteroatoms. The molecule has 1 aliphatic heterocycles. The Morgan fingerprint density at radius 1 is 1.00 bits per heavy atom. The summed E-state index contributed by atoms with van der Waals surface area (Å²) in [4.78, 5) is 24.3. The fourth-order valence-electron chi connectivity index (χ4n) is 3.31. The normalized spacial score (nSPS) is 14.3. The van der Waals surface area contributed by atoms with Gasteiger partial charge in [0, 0.05) is 27.4 Å². The number of benzene rings is 3. The minimum absolute atomic E-state index is 0.0159. The number of nitrogens with zero attached hydrogens (tertiary/aromatic N) is 2. The molecule has 1 heterocycles. The van der Waals surface area contributed by atoms with Crippen LogP contribution in [0.2, 0.25) is 5.02 Å². The van der Waals surface area contributed by atoms with Crippen molar-refractivity contribution >= 4 is 44.7 Å². The molecule has 0 saturated heterocycles. The smallest absolute Gasteiger partial charge is 0.280 e. The fourth-order valence-corrected chi connectivity index (χ4v) is 4.86. The fraction of sp³-hybridized carbons (Fsp3) is 0.0870. The number of fused-ring (bicyclic) bond motifs is 1. The summed E-state index contributed by atoms with van der Waals surface area (Å²) in [6, 6.07) is 19.9. The van der Waals surface area contributed by atoms with E-state index in [1.54, 1.807) is 36.4 Å². The predicted molar refractivity (Wildman–Crippen MR) is 123 cm³/mol. The van der Waals surface area contributed by atoms with Crippen molar-refractivity contribution in [1.82, 2.24) is 4.41 Å². The number of carbonyl (C=O) groups excluding carboxylic acids is 2. The Morgan fingerprint density at radius 3 is 2.47 bits per heavy atom. The second kappa shape index (κ2) is 8.57. The van der Waals surface area contributed by atoms with Crippen LogP contribution in [0.15, 0.2) is 82.8 Å². The molecule has 0 bridgehead atoms. The zero-order valence-corrected chi connectivity index (χ0v) is 18.5. The highest BCUT2D eigenvalue weighted by molar-refractivity contribution is 7.89. The van der Waals surface area contributed by atoms with Crippen LogP contribution in [0.25, 0.3) is 0 Å². The van der Waals surface area contributed by atoms with Crippen LogP contribution >= 0.6 is 11.6 Å². The highest BCUT2D eigenvalue weighted by Gasteiger charge is 2.34. The molecule has 0 saturated carbocycles.